The van der Waals surface area contributed by atoms with E-state index in [1.807, 2.05) is 38.1 Å². The van der Waals surface area contributed by atoms with Gasteiger partial charge in [-0.3, -0.25) is 9.59 Å². The van der Waals surface area contributed by atoms with E-state index in [2.05, 4.69) is 10.6 Å². The third-order valence-corrected chi connectivity index (χ3v) is 5.62. The maximum absolute atomic E-state index is 12.1. The Balaban J connectivity index is 0.00000352. The molecular weight excluding hydrogens is 374 g/mol. The van der Waals surface area contributed by atoms with Gasteiger partial charge in [0.2, 0.25) is 11.8 Å². The molecule has 1 atom stereocenters. The van der Waals surface area contributed by atoms with Crippen LogP contribution in [0.4, 0.5) is 0 Å². The Labute approximate surface area is 174 Å². The molecule has 0 aromatic rings. The van der Waals surface area contributed by atoms with Gasteiger partial charge in [-0.2, -0.15) is 0 Å². The van der Waals surface area contributed by atoms with Crippen LogP contribution in [0.1, 0.15) is 66.2 Å². The maximum atomic E-state index is 12.1. The molecule has 0 saturated carbocycles. The summed E-state index contributed by atoms with van der Waals surface area (Å²) in [4.78, 5) is 23.6. The van der Waals surface area contributed by atoms with E-state index in [9.17, 15) is 13.8 Å². The highest BCUT2D eigenvalue weighted by Crippen LogP contribution is 2.18. The topological polar surface area (TPSA) is 78.5 Å². The number of carbonyl (C=O) groups excluding carboxylic acids is 2. The van der Waals surface area contributed by atoms with Gasteiger partial charge in [-0.25, -0.2) is 8.51 Å². The highest BCUT2D eigenvalue weighted by atomic mass is 32.2. The maximum Gasteiger partial charge on any atom is 0.243 e. The minimum atomic E-state index is -0.926. The van der Waals surface area contributed by atoms with Gasteiger partial charge in [-0.05, 0) is 37.7 Å². The molecule has 0 radical (unpaired) electrons. The number of carbonyl (C=O) groups is 2. The standard InChI is InChI=1S/C19H35N3O3S.C2H6/c1-16(2)8-9-18(23)20-12-6-4-5-7-13-21-19(24)17-10-14-22(15-11-17)26(3)25;1-2/h8-9,16-17H,4-7,10-15H2,1-3H3,(H,20,23)(H,21,24);1-2H3/b9-8+;. The van der Waals surface area contributed by atoms with Gasteiger partial charge in [0, 0.05) is 38.4 Å². The molecule has 1 heterocycles. The van der Waals surface area contributed by atoms with Gasteiger partial charge in [0.1, 0.15) is 0 Å². The molecule has 7 heteroatoms. The predicted molar refractivity (Wildman–Crippen MR) is 118 cm³/mol. The average Bonchev–Trinajstić information content (AvgIpc) is 2.69. The van der Waals surface area contributed by atoms with Crippen molar-refractivity contribution in [2.75, 3.05) is 32.4 Å². The van der Waals surface area contributed by atoms with Gasteiger partial charge >= 0.3 is 0 Å². The van der Waals surface area contributed by atoms with Crippen LogP contribution in [-0.2, 0) is 20.6 Å². The van der Waals surface area contributed by atoms with Crippen LogP contribution in [0.3, 0.4) is 0 Å². The summed E-state index contributed by atoms with van der Waals surface area (Å²) in [6.07, 6.45) is 10.8. The number of nitrogens with one attached hydrogen (secondary N) is 2. The van der Waals surface area contributed by atoms with Crippen LogP contribution in [0.25, 0.3) is 0 Å². The molecule has 1 fully saturated rings. The van der Waals surface area contributed by atoms with E-state index in [-0.39, 0.29) is 17.7 Å². The average molecular weight is 416 g/mol. The zero-order valence-corrected chi connectivity index (χ0v) is 19.3. The third kappa shape index (κ3) is 13.0. The molecule has 0 aromatic heterocycles. The van der Waals surface area contributed by atoms with Crippen molar-refractivity contribution >= 4 is 22.8 Å². The van der Waals surface area contributed by atoms with Crippen LogP contribution in [0.2, 0.25) is 0 Å². The number of nitrogens with zero attached hydrogens (tertiary/aromatic N) is 1. The largest absolute Gasteiger partial charge is 0.356 e. The molecule has 2 N–H and O–H groups in total. The second kappa shape index (κ2) is 16.7. The van der Waals surface area contributed by atoms with E-state index >= 15 is 0 Å². The Morgan fingerprint density at radius 2 is 1.57 bits per heavy atom. The zero-order chi connectivity index (χ0) is 21.4. The van der Waals surface area contributed by atoms with E-state index in [0.717, 1.165) is 51.6 Å². The lowest BCUT2D eigenvalue weighted by Gasteiger charge is -2.29. The summed E-state index contributed by atoms with van der Waals surface area (Å²) in [7, 11) is -0.926. The Bertz CT molecular complexity index is 487. The molecule has 1 saturated heterocycles. The van der Waals surface area contributed by atoms with Crippen molar-refractivity contribution in [3.05, 3.63) is 12.2 Å². The van der Waals surface area contributed by atoms with Crippen molar-refractivity contribution in [1.82, 2.24) is 14.9 Å². The Hall–Kier alpha value is -1.21. The molecular formula is C21H41N3O3S. The van der Waals surface area contributed by atoms with E-state index in [1.165, 1.54) is 0 Å². The van der Waals surface area contributed by atoms with Crippen LogP contribution < -0.4 is 10.6 Å². The van der Waals surface area contributed by atoms with Gasteiger partial charge in [0.15, 0.2) is 0 Å². The van der Waals surface area contributed by atoms with Gasteiger partial charge in [-0.1, -0.05) is 46.6 Å². The van der Waals surface area contributed by atoms with Crippen LogP contribution in [0.15, 0.2) is 12.2 Å². The highest BCUT2D eigenvalue weighted by molar-refractivity contribution is 7.81. The molecule has 0 spiro atoms. The molecule has 1 rings (SSSR count). The first-order valence-electron chi connectivity index (χ1n) is 10.7. The Morgan fingerprint density at radius 3 is 2.07 bits per heavy atom. The summed E-state index contributed by atoms with van der Waals surface area (Å²) in [5, 5.41) is 5.90. The minimum Gasteiger partial charge on any atom is -0.356 e. The van der Waals surface area contributed by atoms with E-state index in [1.54, 1.807) is 12.3 Å². The van der Waals surface area contributed by atoms with Crippen molar-refractivity contribution in [1.29, 1.82) is 0 Å². The van der Waals surface area contributed by atoms with Gasteiger partial charge in [0.05, 0.1) is 11.0 Å². The van der Waals surface area contributed by atoms with Crippen LogP contribution in [-0.4, -0.2) is 52.8 Å². The quantitative estimate of drug-likeness (QED) is 0.402. The lowest BCUT2D eigenvalue weighted by molar-refractivity contribution is -0.126. The van der Waals surface area contributed by atoms with Crippen molar-refractivity contribution in [3.63, 3.8) is 0 Å². The lowest BCUT2D eigenvalue weighted by atomic mass is 9.97. The van der Waals surface area contributed by atoms with E-state index < -0.39 is 11.0 Å². The van der Waals surface area contributed by atoms with Gasteiger partial charge in [0.25, 0.3) is 0 Å². The summed E-state index contributed by atoms with van der Waals surface area (Å²) in [6, 6.07) is 0. The summed E-state index contributed by atoms with van der Waals surface area (Å²) < 4.78 is 13.3. The number of hydrogen-bond acceptors (Lipinski definition) is 3. The van der Waals surface area contributed by atoms with Crippen molar-refractivity contribution in [3.8, 4) is 0 Å². The molecule has 2 amide bonds. The second-order valence-electron chi connectivity index (χ2n) is 7.23. The first-order valence-corrected chi connectivity index (χ1v) is 12.2. The predicted octanol–water partition coefficient (Wildman–Crippen LogP) is 3.02. The molecule has 28 heavy (non-hydrogen) atoms. The second-order valence-corrected chi connectivity index (χ2v) is 8.59. The van der Waals surface area contributed by atoms with Crippen LogP contribution in [0, 0.1) is 11.8 Å². The summed E-state index contributed by atoms with van der Waals surface area (Å²) in [5.41, 5.74) is 0. The van der Waals surface area contributed by atoms with Crippen molar-refractivity contribution < 1.29 is 13.8 Å². The minimum absolute atomic E-state index is 0.0242. The SMILES string of the molecule is CC.CC(C)/C=C/C(=O)NCCCCCCNC(=O)C1CCN(S(C)=O)CC1. The Morgan fingerprint density at radius 1 is 1.04 bits per heavy atom. The molecule has 1 unspecified atom stereocenters. The van der Waals surface area contributed by atoms with Gasteiger partial charge < -0.3 is 10.6 Å². The fourth-order valence-corrected chi connectivity index (χ4v) is 3.61. The summed E-state index contributed by atoms with van der Waals surface area (Å²) in [6.45, 7) is 11.0. The van der Waals surface area contributed by atoms with Crippen LogP contribution >= 0.6 is 0 Å². The molecule has 0 bridgehead atoms. The number of allylic oxidation sites excluding steroid dienone is 1. The third-order valence-electron chi connectivity index (χ3n) is 4.52. The first kappa shape index (κ1) is 26.8. The lowest BCUT2D eigenvalue weighted by Crippen LogP contribution is -2.41. The van der Waals surface area contributed by atoms with Crippen LogP contribution in [0.5, 0.6) is 0 Å². The number of rotatable bonds is 11. The summed E-state index contributed by atoms with van der Waals surface area (Å²) >= 11 is 0. The molecule has 1 aliphatic heterocycles. The highest BCUT2D eigenvalue weighted by Gasteiger charge is 2.25. The van der Waals surface area contributed by atoms with E-state index in [0.29, 0.717) is 19.0 Å². The number of unbranched alkanes of at least 4 members (excludes halogenated alkanes) is 3. The molecule has 6 nitrogen and oxygen atoms in total. The number of piperidine rings is 1. The molecule has 164 valence electrons. The molecule has 0 aliphatic carbocycles. The number of amides is 2. The van der Waals surface area contributed by atoms with Crippen molar-refractivity contribution in [2.24, 2.45) is 11.8 Å². The van der Waals surface area contributed by atoms with E-state index in [4.69, 9.17) is 0 Å². The summed E-state index contributed by atoms with van der Waals surface area (Å²) in [5.74, 6) is 0.558. The number of hydrogen-bond donors (Lipinski definition) is 2. The smallest absolute Gasteiger partial charge is 0.243 e. The Kier molecular flexibility index (Phi) is 16.0. The van der Waals surface area contributed by atoms with Crippen molar-refractivity contribution in [2.45, 2.75) is 66.2 Å². The zero-order valence-electron chi connectivity index (χ0n) is 18.5. The fraction of sp³-hybridized carbons (Fsp3) is 0.810. The normalized spacial score (nSPS) is 16.5. The fourth-order valence-electron chi connectivity index (χ4n) is 2.88. The first-order chi connectivity index (χ1) is 13.4. The molecule has 1 aliphatic rings. The molecule has 0 aromatic carbocycles. The monoisotopic (exact) mass is 415 g/mol. The van der Waals surface area contributed by atoms with Gasteiger partial charge in [-0.15, -0.1) is 0 Å².